The van der Waals surface area contributed by atoms with Gasteiger partial charge in [-0.3, -0.25) is 9.36 Å². The van der Waals surface area contributed by atoms with Crippen LogP contribution in [-0.4, -0.2) is 20.4 Å². The molecule has 2 atom stereocenters. The Morgan fingerprint density at radius 2 is 2.00 bits per heavy atom. The Kier molecular flexibility index (Phi) is 3.99. The summed E-state index contributed by atoms with van der Waals surface area (Å²) in [4.78, 5) is 21.7. The van der Waals surface area contributed by atoms with E-state index in [1.54, 1.807) is 12.5 Å². The van der Waals surface area contributed by atoms with E-state index in [2.05, 4.69) is 22.1 Å². The number of carbonyl (C=O) groups is 1. The van der Waals surface area contributed by atoms with Crippen molar-refractivity contribution in [3.8, 4) is 0 Å². The molecule has 2 N–H and O–H groups in total. The maximum absolute atomic E-state index is 12.8. The second kappa shape index (κ2) is 6.31. The Labute approximate surface area is 146 Å². The summed E-state index contributed by atoms with van der Waals surface area (Å²) in [6.07, 6.45) is 8.13. The van der Waals surface area contributed by atoms with Crippen LogP contribution in [0.5, 0.6) is 0 Å². The first-order valence-corrected chi connectivity index (χ1v) is 8.84. The molecule has 0 aliphatic heterocycles. The average Bonchev–Trinajstić information content (AvgIpc) is 3.07. The summed E-state index contributed by atoms with van der Waals surface area (Å²) in [5.74, 6) is -0.140. The fourth-order valence-corrected chi connectivity index (χ4v) is 4.30. The molecular formula is C20H22N4O. The van der Waals surface area contributed by atoms with E-state index in [9.17, 15) is 4.79 Å². The molecule has 3 aromatic rings. The van der Waals surface area contributed by atoms with Crippen LogP contribution in [-0.2, 0) is 16.8 Å². The van der Waals surface area contributed by atoms with Crippen LogP contribution in [0.25, 0.3) is 11.2 Å². The Bertz CT molecular complexity index is 889. The predicted octanol–water partition coefficient (Wildman–Crippen LogP) is 3.04. The number of imidazole rings is 1. The molecule has 5 nitrogen and oxygen atoms in total. The Balaban J connectivity index is 1.83. The SMILES string of the molecule is NC(=O)C1(n2cnc3cccnc32)CCCCC1Cc1ccccc1. The fraction of sp³-hybridized carbons (Fsp3) is 0.350. The zero-order valence-corrected chi connectivity index (χ0v) is 14.1. The predicted molar refractivity (Wildman–Crippen MR) is 96.8 cm³/mol. The standard InChI is InChI=1S/C20H22N4O/c21-19(25)20(24-14-23-17-10-6-12-22-18(17)24)11-5-4-9-16(20)13-15-7-2-1-3-8-15/h1-3,6-8,10,12,14,16H,4-5,9,11,13H2,(H2,21,25). The van der Waals surface area contributed by atoms with Crippen LogP contribution in [0.1, 0.15) is 31.2 Å². The van der Waals surface area contributed by atoms with Crippen molar-refractivity contribution in [2.75, 3.05) is 0 Å². The van der Waals surface area contributed by atoms with Gasteiger partial charge in [-0.1, -0.05) is 43.2 Å². The van der Waals surface area contributed by atoms with Gasteiger partial charge in [-0.05, 0) is 42.9 Å². The van der Waals surface area contributed by atoms with Crippen LogP contribution in [0.15, 0.2) is 55.0 Å². The van der Waals surface area contributed by atoms with E-state index < -0.39 is 5.54 Å². The lowest BCUT2D eigenvalue weighted by Gasteiger charge is -2.43. The first-order chi connectivity index (χ1) is 12.2. The normalized spacial score (nSPS) is 23.6. The van der Waals surface area contributed by atoms with Gasteiger partial charge < -0.3 is 5.73 Å². The highest BCUT2D eigenvalue weighted by atomic mass is 16.1. The van der Waals surface area contributed by atoms with Gasteiger partial charge in [0.2, 0.25) is 5.91 Å². The van der Waals surface area contributed by atoms with Crippen LogP contribution >= 0.6 is 0 Å². The molecule has 5 heteroatoms. The van der Waals surface area contributed by atoms with Crippen LogP contribution in [0.2, 0.25) is 0 Å². The fourth-order valence-electron chi connectivity index (χ4n) is 4.30. The molecule has 1 aliphatic carbocycles. The number of rotatable bonds is 4. The molecular weight excluding hydrogens is 312 g/mol. The molecule has 128 valence electrons. The summed E-state index contributed by atoms with van der Waals surface area (Å²) < 4.78 is 1.94. The zero-order chi connectivity index (χ0) is 17.3. The largest absolute Gasteiger partial charge is 0.368 e. The van der Waals surface area contributed by atoms with Crippen molar-refractivity contribution in [1.82, 2.24) is 14.5 Å². The average molecular weight is 334 g/mol. The Hall–Kier alpha value is -2.69. The van der Waals surface area contributed by atoms with E-state index in [-0.39, 0.29) is 11.8 Å². The summed E-state index contributed by atoms with van der Waals surface area (Å²) in [5.41, 5.74) is 8.02. The molecule has 1 aliphatic rings. The molecule has 1 aromatic carbocycles. The highest BCUT2D eigenvalue weighted by molar-refractivity contribution is 5.85. The number of nitrogens with two attached hydrogens (primary N) is 1. The van der Waals surface area contributed by atoms with E-state index >= 15 is 0 Å². The minimum Gasteiger partial charge on any atom is -0.368 e. The monoisotopic (exact) mass is 334 g/mol. The van der Waals surface area contributed by atoms with Gasteiger partial charge in [-0.2, -0.15) is 0 Å². The molecule has 1 fully saturated rings. The van der Waals surface area contributed by atoms with Crippen molar-refractivity contribution in [1.29, 1.82) is 0 Å². The molecule has 0 spiro atoms. The van der Waals surface area contributed by atoms with Gasteiger partial charge in [0, 0.05) is 6.20 Å². The van der Waals surface area contributed by atoms with Crippen molar-refractivity contribution in [3.63, 3.8) is 0 Å². The maximum atomic E-state index is 12.8. The van der Waals surface area contributed by atoms with Gasteiger partial charge in [-0.25, -0.2) is 9.97 Å². The van der Waals surface area contributed by atoms with Gasteiger partial charge in [0.05, 0.1) is 6.33 Å². The molecule has 1 amide bonds. The molecule has 1 saturated carbocycles. The molecule has 2 unspecified atom stereocenters. The number of pyridine rings is 1. The highest BCUT2D eigenvalue weighted by Gasteiger charge is 2.48. The molecule has 2 heterocycles. The number of amides is 1. The van der Waals surface area contributed by atoms with E-state index in [0.29, 0.717) is 0 Å². The van der Waals surface area contributed by atoms with Gasteiger partial charge in [0.15, 0.2) is 5.65 Å². The van der Waals surface area contributed by atoms with Gasteiger partial charge >= 0.3 is 0 Å². The van der Waals surface area contributed by atoms with Crippen molar-refractivity contribution in [2.24, 2.45) is 11.7 Å². The number of fused-ring (bicyclic) bond motifs is 1. The number of benzene rings is 1. The zero-order valence-electron chi connectivity index (χ0n) is 14.1. The van der Waals surface area contributed by atoms with E-state index in [0.717, 1.165) is 43.3 Å². The molecule has 4 rings (SSSR count). The second-order valence-corrected chi connectivity index (χ2v) is 6.88. The molecule has 2 aromatic heterocycles. The van der Waals surface area contributed by atoms with Crippen molar-refractivity contribution >= 4 is 17.1 Å². The number of carbonyl (C=O) groups excluding carboxylic acids is 1. The van der Waals surface area contributed by atoms with Crippen LogP contribution < -0.4 is 5.73 Å². The lowest BCUT2D eigenvalue weighted by molar-refractivity contribution is -0.131. The molecule has 0 saturated heterocycles. The number of hydrogen-bond donors (Lipinski definition) is 1. The lowest BCUT2D eigenvalue weighted by atomic mass is 9.69. The van der Waals surface area contributed by atoms with Crippen molar-refractivity contribution in [3.05, 3.63) is 60.6 Å². The topological polar surface area (TPSA) is 73.8 Å². The van der Waals surface area contributed by atoms with Crippen LogP contribution in [0.4, 0.5) is 0 Å². The summed E-state index contributed by atoms with van der Waals surface area (Å²) in [6, 6.07) is 14.1. The van der Waals surface area contributed by atoms with Crippen molar-refractivity contribution in [2.45, 2.75) is 37.6 Å². The maximum Gasteiger partial charge on any atom is 0.244 e. The van der Waals surface area contributed by atoms with Gasteiger partial charge in [-0.15, -0.1) is 0 Å². The minimum atomic E-state index is -0.767. The summed E-state index contributed by atoms with van der Waals surface area (Å²) in [6.45, 7) is 0. The highest BCUT2D eigenvalue weighted by Crippen LogP contribution is 2.42. The number of aromatic nitrogens is 3. The van der Waals surface area contributed by atoms with Crippen LogP contribution in [0, 0.1) is 5.92 Å². The summed E-state index contributed by atoms with van der Waals surface area (Å²) in [5, 5.41) is 0. The number of primary amides is 1. The molecule has 0 radical (unpaired) electrons. The minimum absolute atomic E-state index is 0.139. The number of nitrogens with zero attached hydrogens (tertiary/aromatic N) is 3. The quantitative estimate of drug-likeness (QED) is 0.797. The third-order valence-corrected chi connectivity index (χ3v) is 5.52. The molecule has 25 heavy (non-hydrogen) atoms. The van der Waals surface area contributed by atoms with Gasteiger partial charge in [0.25, 0.3) is 0 Å². The van der Waals surface area contributed by atoms with E-state index in [4.69, 9.17) is 5.73 Å². The first-order valence-electron chi connectivity index (χ1n) is 8.84. The van der Waals surface area contributed by atoms with Crippen molar-refractivity contribution < 1.29 is 4.79 Å². The molecule has 0 bridgehead atoms. The third-order valence-electron chi connectivity index (χ3n) is 5.52. The summed E-state index contributed by atoms with van der Waals surface area (Å²) >= 11 is 0. The summed E-state index contributed by atoms with van der Waals surface area (Å²) in [7, 11) is 0. The smallest absolute Gasteiger partial charge is 0.244 e. The third kappa shape index (κ3) is 2.60. The van der Waals surface area contributed by atoms with Gasteiger partial charge in [0.1, 0.15) is 11.1 Å². The van der Waals surface area contributed by atoms with Crippen LogP contribution in [0.3, 0.4) is 0 Å². The van der Waals surface area contributed by atoms with E-state index in [1.807, 2.05) is 34.9 Å². The lowest BCUT2D eigenvalue weighted by Crippen LogP contribution is -2.54. The first kappa shape index (κ1) is 15.8. The van der Waals surface area contributed by atoms with E-state index in [1.165, 1.54) is 5.56 Å². The second-order valence-electron chi connectivity index (χ2n) is 6.88. The Morgan fingerprint density at radius 1 is 1.16 bits per heavy atom. The number of hydrogen-bond acceptors (Lipinski definition) is 3. The Morgan fingerprint density at radius 3 is 2.80 bits per heavy atom.